The zero-order valence-corrected chi connectivity index (χ0v) is 12.2. The van der Waals surface area contributed by atoms with Crippen LogP contribution in [0.4, 0.5) is 18.9 Å². The zero-order valence-electron chi connectivity index (χ0n) is 11.4. The molecule has 0 aromatic heterocycles. The number of nitrogens with zero attached hydrogens (tertiary/aromatic N) is 1. The Bertz CT molecular complexity index is 523. The van der Waals surface area contributed by atoms with Gasteiger partial charge in [0.1, 0.15) is 0 Å². The van der Waals surface area contributed by atoms with Gasteiger partial charge in [-0.1, -0.05) is 18.2 Å². The Balaban J connectivity index is 0.00000161. The molecular weight excluding hydrogens is 305 g/mol. The molecule has 0 amide bonds. The summed E-state index contributed by atoms with van der Waals surface area (Å²) in [6, 6.07) is 5.91. The number of rotatable bonds is 2. The van der Waals surface area contributed by atoms with Gasteiger partial charge in [0.2, 0.25) is 0 Å². The third-order valence-electron chi connectivity index (χ3n) is 4.18. The van der Waals surface area contributed by atoms with E-state index in [-0.39, 0.29) is 31.9 Å². The van der Waals surface area contributed by atoms with Crippen LogP contribution < -0.4 is 5.32 Å². The fourth-order valence-corrected chi connectivity index (χ4v) is 3.02. The van der Waals surface area contributed by atoms with E-state index in [1.807, 2.05) is 18.2 Å². The van der Waals surface area contributed by atoms with Gasteiger partial charge in [-0.25, -0.2) is 0 Å². The molecule has 1 unspecified atom stereocenters. The maximum atomic E-state index is 12.8. The van der Waals surface area contributed by atoms with Crippen molar-refractivity contribution in [1.82, 2.24) is 4.90 Å². The molecule has 7 heteroatoms. The summed E-state index contributed by atoms with van der Waals surface area (Å²) in [4.78, 5) is 1.67. The van der Waals surface area contributed by atoms with E-state index in [0.29, 0.717) is 6.54 Å². The van der Waals surface area contributed by atoms with Crippen molar-refractivity contribution in [2.45, 2.75) is 31.2 Å². The molecule has 1 fully saturated rings. The van der Waals surface area contributed by atoms with Gasteiger partial charge >= 0.3 is 6.18 Å². The first kappa shape index (κ1) is 16.4. The molecule has 1 saturated heterocycles. The Kier molecular flexibility index (Phi) is 4.42. The molecule has 0 saturated carbocycles. The van der Waals surface area contributed by atoms with E-state index in [2.05, 4.69) is 5.32 Å². The highest BCUT2D eigenvalue weighted by molar-refractivity contribution is 5.85. The predicted molar refractivity (Wildman–Crippen MR) is 76.8 cm³/mol. The lowest BCUT2D eigenvalue weighted by atomic mass is 10.0. The van der Waals surface area contributed by atoms with Gasteiger partial charge in [-0.3, -0.25) is 4.90 Å². The van der Waals surface area contributed by atoms with Crippen molar-refractivity contribution >= 4 is 18.1 Å². The van der Waals surface area contributed by atoms with Crippen molar-refractivity contribution in [3.8, 4) is 0 Å². The second-order valence-electron chi connectivity index (χ2n) is 5.62. The van der Waals surface area contributed by atoms with Crippen LogP contribution in [0.25, 0.3) is 0 Å². The topological polar surface area (TPSA) is 35.5 Å². The molecule has 1 aromatic rings. The fraction of sp³-hybridized carbons (Fsp3) is 0.571. The first-order valence-electron chi connectivity index (χ1n) is 6.75. The van der Waals surface area contributed by atoms with Crippen molar-refractivity contribution in [2.75, 3.05) is 25.0 Å². The predicted octanol–water partition coefficient (Wildman–Crippen LogP) is 2.58. The minimum absolute atomic E-state index is 0. The number of aliphatic hydroxyl groups is 1. The number of fused-ring (bicyclic) bond motifs is 1. The number of benzene rings is 1. The maximum Gasteiger partial charge on any atom is 0.418 e. The summed E-state index contributed by atoms with van der Waals surface area (Å²) in [5, 5.41) is 13.0. The van der Waals surface area contributed by atoms with Gasteiger partial charge in [-0.05, 0) is 24.0 Å². The molecule has 0 bridgehead atoms. The Morgan fingerprint density at radius 1 is 1.33 bits per heavy atom. The fourth-order valence-electron chi connectivity index (χ4n) is 3.02. The molecule has 2 aliphatic heterocycles. The SMILES string of the molecule is Cl.OC1(C(F)(F)F)CCN(Cc2cccc3c2NCC3)C1. The number of likely N-dealkylation sites (tertiary alicyclic amines) is 1. The van der Waals surface area contributed by atoms with Crippen molar-refractivity contribution in [3.05, 3.63) is 29.3 Å². The zero-order chi connectivity index (χ0) is 14.4. The quantitative estimate of drug-likeness (QED) is 0.878. The van der Waals surface area contributed by atoms with Crippen LogP contribution in [0.15, 0.2) is 18.2 Å². The van der Waals surface area contributed by atoms with Gasteiger partial charge in [0.15, 0.2) is 5.60 Å². The Morgan fingerprint density at radius 3 is 2.76 bits per heavy atom. The largest absolute Gasteiger partial charge is 0.418 e. The summed E-state index contributed by atoms with van der Waals surface area (Å²) in [5.74, 6) is 0. The van der Waals surface area contributed by atoms with Crippen molar-refractivity contribution < 1.29 is 18.3 Å². The standard InChI is InChI=1S/C14H17F3N2O.ClH/c15-14(16,17)13(20)5-7-19(9-13)8-11-3-1-2-10-4-6-18-12(10)11;/h1-3,18,20H,4-9H2;1H. The molecule has 2 N–H and O–H groups in total. The van der Waals surface area contributed by atoms with Crippen LogP contribution in [-0.4, -0.2) is 41.4 Å². The lowest BCUT2D eigenvalue weighted by molar-refractivity contribution is -0.254. The summed E-state index contributed by atoms with van der Waals surface area (Å²) in [7, 11) is 0. The van der Waals surface area contributed by atoms with Crippen LogP contribution in [-0.2, 0) is 13.0 Å². The van der Waals surface area contributed by atoms with Gasteiger partial charge in [0.25, 0.3) is 0 Å². The lowest BCUT2D eigenvalue weighted by Gasteiger charge is -2.26. The smallest absolute Gasteiger partial charge is 0.384 e. The molecule has 1 atom stereocenters. The minimum atomic E-state index is -4.56. The second-order valence-corrected chi connectivity index (χ2v) is 5.62. The molecule has 2 aliphatic rings. The van der Waals surface area contributed by atoms with Gasteiger partial charge < -0.3 is 10.4 Å². The summed E-state index contributed by atoms with van der Waals surface area (Å²) in [6.07, 6.45) is -3.85. The van der Waals surface area contributed by atoms with E-state index in [1.54, 1.807) is 4.90 Å². The highest BCUT2D eigenvalue weighted by Gasteiger charge is 2.56. The number of hydrogen-bond donors (Lipinski definition) is 2. The van der Waals surface area contributed by atoms with Gasteiger partial charge in [-0.2, -0.15) is 13.2 Å². The van der Waals surface area contributed by atoms with Crippen LogP contribution >= 0.6 is 12.4 Å². The van der Waals surface area contributed by atoms with Gasteiger partial charge in [-0.15, -0.1) is 12.4 Å². The molecule has 3 nitrogen and oxygen atoms in total. The number of alkyl halides is 3. The highest BCUT2D eigenvalue weighted by Crippen LogP contribution is 2.38. The van der Waals surface area contributed by atoms with E-state index in [4.69, 9.17) is 0 Å². The van der Waals surface area contributed by atoms with Crippen molar-refractivity contribution in [3.63, 3.8) is 0 Å². The van der Waals surface area contributed by atoms with E-state index in [9.17, 15) is 18.3 Å². The molecular formula is C14H18ClF3N2O. The third kappa shape index (κ3) is 2.98. The van der Waals surface area contributed by atoms with Crippen LogP contribution in [0.5, 0.6) is 0 Å². The normalized spacial score (nSPS) is 25.3. The van der Waals surface area contributed by atoms with Gasteiger partial charge in [0.05, 0.1) is 0 Å². The molecule has 0 spiro atoms. The van der Waals surface area contributed by atoms with Crippen molar-refractivity contribution in [1.29, 1.82) is 0 Å². The molecule has 118 valence electrons. The Labute approximate surface area is 127 Å². The lowest BCUT2D eigenvalue weighted by Crippen LogP contribution is -2.47. The Hall–Kier alpha value is -0.980. The molecule has 21 heavy (non-hydrogen) atoms. The molecule has 0 radical (unpaired) electrons. The number of β-amino-alcohol motifs (C(OH)–C–C–N with tert-alkyl or cyclic N) is 1. The Morgan fingerprint density at radius 2 is 2.10 bits per heavy atom. The summed E-state index contributed by atoms with van der Waals surface area (Å²) < 4.78 is 38.4. The highest BCUT2D eigenvalue weighted by atomic mass is 35.5. The van der Waals surface area contributed by atoms with Crippen molar-refractivity contribution in [2.24, 2.45) is 0 Å². The number of nitrogens with one attached hydrogen (secondary N) is 1. The molecule has 0 aliphatic carbocycles. The summed E-state index contributed by atoms with van der Waals surface area (Å²) in [5.41, 5.74) is 0.715. The van der Waals surface area contributed by atoms with E-state index in [0.717, 1.165) is 24.2 Å². The first-order valence-corrected chi connectivity index (χ1v) is 6.75. The molecule has 2 heterocycles. The number of hydrogen-bond acceptors (Lipinski definition) is 3. The number of halogens is 4. The van der Waals surface area contributed by atoms with Crippen LogP contribution in [0, 0.1) is 0 Å². The minimum Gasteiger partial charge on any atom is -0.384 e. The van der Waals surface area contributed by atoms with Crippen LogP contribution in [0.1, 0.15) is 17.5 Å². The summed E-state index contributed by atoms with van der Waals surface area (Å²) in [6.45, 7) is 1.23. The van der Waals surface area contributed by atoms with Crippen LogP contribution in [0.2, 0.25) is 0 Å². The summed E-state index contributed by atoms with van der Waals surface area (Å²) >= 11 is 0. The van der Waals surface area contributed by atoms with Gasteiger partial charge in [0, 0.05) is 31.9 Å². The number of anilines is 1. The first-order chi connectivity index (χ1) is 9.39. The average Bonchev–Trinajstić information content (AvgIpc) is 2.96. The van der Waals surface area contributed by atoms with E-state index < -0.39 is 11.8 Å². The molecule has 1 aromatic carbocycles. The second kappa shape index (κ2) is 5.66. The maximum absolute atomic E-state index is 12.8. The third-order valence-corrected chi connectivity index (χ3v) is 4.18. The molecule has 3 rings (SSSR count). The monoisotopic (exact) mass is 322 g/mol. The average molecular weight is 323 g/mol. The van der Waals surface area contributed by atoms with Crippen LogP contribution in [0.3, 0.4) is 0 Å². The van der Waals surface area contributed by atoms with E-state index in [1.165, 1.54) is 5.56 Å². The number of para-hydroxylation sites is 1. The van der Waals surface area contributed by atoms with E-state index >= 15 is 0 Å².